The summed E-state index contributed by atoms with van der Waals surface area (Å²) in [7, 11) is 0. The fourth-order valence-corrected chi connectivity index (χ4v) is 3.73. The second kappa shape index (κ2) is 7.64. The maximum atomic E-state index is 12.2. The van der Waals surface area contributed by atoms with Crippen molar-refractivity contribution in [3.05, 3.63) is 41.8 Å². The van der Waals surface area contributed by atoms with Crippen LogP contribution in [0.4, 0.5) is 0 Å². The van der Waals surface area contributed by atoms with Gasteiger partial charge in [-0.05, 0) is 18.4 Å². The number of amides is 1. The van der Waals surface area contributed by atoms with Gasteiger partial charge in [0.25, 0.3) is 5.22 Å². The monoisotopic (exact) mass is 331 g/mol. The number of rotatable bonds is 5. The van der Waals surface area contributed by atoms with Gasteiger partial charge in [0.2, 0.25) is 11.8 Å². The zero-order valence-corrected chi connectivity index (χ0v) is 14.0. The first-order valence-electron chi connectivity index (χ1n) is 7.99. The third-order valence-electron chi connectivity index (χ3n) is 4.17. The molecular weight excluding hydrogens is 310 g/mol. The molecule has 1 N–H and O–H groups in total. The van der Waals surface area contributed by atoms with Gasteiger partial charge in [0.05, 0.1) is 5.75 Å². The van der Waals surface area contributed by atoms with Gasteiger partial charge in [-0.15, -0.1) is 10.2 Å². The van der Waals surface area contributed by atoms with E-state index in [4.69, 9.17) is 4.42 Å². The van der Waals surface area contributed by atoms with Crippen LogP contribution >= 0.6 is 11.8 Å². The molecule has 1 heterocycles. The zero-order chi connectivity index (χ0) is 16.1. The van der Waals surface area contributed by atoms with Gasteiger partial charge < -0.3 is 9.73 Å². The van der Waals surface area contributed by atoms with Crippen LogP contribution in [0.2, 0.25) is 0 Å². The van der Waals surface area contributed by atoms with Crippen LogP contribution in [0.5, 0.6) is 0 Å². The molecule has 3 rings (SSSR count). The first kappa shape index (κ1) is 16.1. The van der Waals surface area contributed by atoms with Crippen molar-refractivity contribution in [2.75, 3.05) is 5.75 Å². The second-order valence-corrected chi connectivity index (χ2v) is 6.78. The number of hydrogen-bond donors (Lipinski definition) is 1. The summed E-state index contributed by atoms with van der Waals surface area (Å²) in [6, 6.07) is 10.7. The number of hydrogen-bond acceptors (Lipinski definition) is 5. The Morgan fingerprint density at radius 3 is 2.78 bits per heavy atom. The topological polar surface area (TPSA) is 68.0 Å². The predicted molar refractivity (Wildman–Crippen MR) is 89.3 cm³/mol. The van der Waals surface area contributed by atoms with Crippen molar-refractivity contribution in [1.29, 1.82) is 0 Å². The van der Waals surface area contributed by atoms with Crippen LogP contribution in [0, 0.1) is 6.92 Å². The Morgan fingerprint density at radius 2 is 2.04 bits per heavy atom. The molecule has 122 valence electrons. The lowest BCUT2D eigenvalue weighted by Crippen LogP contribution is -2.41. The van der Waals surface area contributed by atoms with E-state index in [-0.39, 0.29) is 11.9 Å². The SMILES string of the molecule is Cc1nnc(SCC(=O)N[C@@H]2CCCC[C@H]2c2ccccc2)o1. The van der Waals surface area contributed by atoms with Crippen LogP contribution in [0.15, 0.2) is 40.0 Å². The fourth-order valence-electron chi connectivity index (χ4n) is 3.12. The molecule has 23 heavy (non-hydrogen) atoms. The van der Waals surface area contributed by atoms with E-state index in [2.05, 4.69) is 39.8 Å². The molecule has 1 saturated carbocycles. The van der Waals surface area contributed by atoms with Crippen molar-refractivity contribution in [3.63, 3.8) is 0 Å². The van der Waals surface area contributed by atoms with Crippen LogP contribution in [-0.2, 0) is 4.79 Å². The molecule has 1 aliphatic carbocycles. The molecule has 1 aromatic carbocycles. The summed E-state index contributed by atoms with van der Waals surface area (Å²) in [5, 5.41) is 11.3. The van der Waals surface area contributed by atoms with Crippen LogP contribution in [0.1, 0.15) is 43.1 Å². The van der Waals surface area contributed by atoms with Gasteiger partial charge >= 0.3 is 0 Å². The van der Waals surface area contributed by atoms with Crippen molar-refractivity contribution < 1.29 is 9.21 Å². The van der Waals surface area contributed by atoms with Crippen LogP contribution < -0.4 is 5.32 Å². The molecule has 1 fully saturated rings. The minimum atomic E-state index is 0.0266. The molecule has 0 bridgehead atoms. The van der Waals surface area contributed by atoms with Crippen molar-refractivity contribution in [2.24, 2.45) is 0 Å². The average molecular weight is 331 g/mol. The van der Waals surface area contributed by atoms with Crippen molar-refractivity contribution in [2.45, 2.75) is 49.8 Å². The first-order chi connectivity index (χ1) is 11.2. The highest BCUT2D eigenvalue weighted by atomic mass is 32.2. The van der Waals surface area contributed by atoms with Crippen molar-refractivity contribution >= 4 is 17.7 Å². The number of aromatic nitrogens is 2. The summed E-state index contributed by atoms with van der Waals surface area (Å²) in [6.45, 7) is 1.74. The molecule has 0 spiro atoms. The maximum absolute atomic E-state index is 12.2. The number of aryl methyl sites for hydroxylation is 1. The van der Waals surface area contributed by atoms with E-state index >= 15 is 0 Å². The number of carbonyl (C=O) groups excluding carboxylic acids is 1. The van der Waals surface area contributed by atoms with Gasteiger partial charge in [0.1, 0.15) is 0 Å². The maximum Gasteiger partial charge on any atom is 0.277 e. The van der Waals surface area contributed by atoms with Crippen LogP contribution in [-0.4, -0.2) is 27.9 Å². The molecule has 0 saturated heterocycles. The average Bonchev–Trinajstić information content (AvgIpc) is 3.00. The zero-order valence-electron chi connectivity index (χ0n) is 13.2. The molecule has 0 radical (unpaired) electrons. The summed E-state index contributed by atoms with van der Waals surface area (Å²) in [6.07, 6.45) is 4.56. The Kier molecular flexibility index (Phi) is 5.33. The Bertz CT molecular complexity index is 644. The molecular formula is C17H21N3O2S. The quantitative estimate of drug-likeness (QED) is 0.851. The molecule has 1 aliphatic rings. The molecule has 0 aliphatic heterocycles. The second-order valence-electron chi connectivity index (χ2n) is 5.85. The van der Waals surface area contributed by atoms with E-state index in [0.717, 1.165) is 12.8 Å². The summed E-state index contributed by atoms with van der Waals surface area (Å²) >= 11 is 1.28. The van der Waals surface area contributed by atoms with E-state index in [1.807, 2.05) is 6.07 Å². The molecule has 2 atom stereocenters. The Hall–Kier alpha value is -1.82. The van der Waals surface area contributed by atoms with Gasteiger partial charge in [-0.1, -0.05) is 54.9 Å². The summed E-state index contributed by atoms with van der Waals surface area (Å²) in [5.74, 6) is 1.26. The highest BCUT2D eigenvalue weighted by Gasteiger charge is 2.27. The number of carbonyl (C=O) groups is 1. The van der Waals surface area contributed by atoms with Crippen molar-refractivity contribution in [1.82, 2.24) is 15.5 Å². The van der Waals surface area contributed by atoms with E-state index in [1.54, 1.807) is 6.92 Å². The number of nitrogens with zero attached hydrogens (tertiary/aromatic N) is 2. The minimum absolute atomic E-state index is 0.0266. The lowest BCUT2D eigenvalue weighted by molar-refractivity contribution is -0.119. The lowest BCUT2D eigenvalue weighted by Gasteiger charge is -2.32. The van der Waals surface area contributed by atoms with Gasteiger partial charge in [-0.2, -0.15) is 0 Å². The van der Waals surface area contributed by atoms with Gasteiger partial charge in [-0.25, -0.2) is 0 Å². The van der Waals surface area contributed by atoms with E-state index in [9.17, 15) is 4.79 Å². The normalized spacial score (nSPS) is 21.1. The van der Waals surface area contributed by atoms with Gasteiger partial charge in [0.15, 0.2) is 0 Å². The largest absolute Gasteiger partial charge is 0.416 e. The summed E-state index contributed by atoms with van der Waals surface area (Å²) < 4.78 is 5.28. The predicted octanol–water partition coefficient (Wildman–Crippen LogP) is 3.31. The summed E-state index contributed by atoms with van der Waals surface area (Å²) in [4.78, 5) is 12.2. The number of nitrogens with one attached hydrogen (secondary N) is 1. The van der Waals surface area contributed by atoms with Gasteiger partial charge in [0, 0.05) is 18.9 Å². The molecule has 2 aromatic rings. The molecule has 1 aromatic heterocycles. The third-order valence-corrected chi connectivity index (χ3v) is 4.99. The smallest absolute Gasteiger partial charge is 0.277 e. The highest BCUT2D eigenvalue weighted by molar-refractivity contribution is 7.99. The van der Waals surface area contributed by atoms with Crippen LogP contribution in [0.3, 0.4) is 0 Å². The Morgan fingerprint density at radius 1 is 1.26 bits per heavy atom. The Balaban J connectivity index is 1.57. The molecule has 6 heteroatoms. The minimum Gasteiger partial charge on any atom is -0.416 e. The van der Waals surface area contributed by atoms with E-state index in [1.165, 1.54) is 30.2 Å². The van der Waals surface area contributed by atoms with E-state index in [0.29, 0.717) is 22.8 Å². The third kappa shape index (κ3) is 4.34. The molecule has 5 nitrogen and oxygen atoms in total. The summed E-state index contributed by atoms with van der Waals surface area (Å²) in [5.41, 5.74) is 1.32. The van der Waals surface area contributed by atoms with Crippen LogP contribution in [0.25, 0.3) is 0 Å². The van der Waals surface area contributed by atoms with E-state index < -0.39 is 0 Å². The standard InChI is InChI=1S/C17H21N3O2S/c1-12-19-20-17(22-12)23-11-16(21)18-15-10-6-5-9-14(15)13-7-3-2-4-8-13/h2-4,7-8,14-15H,5-6,9-11H2,1H3,(H,18,21)/t14-,15+/m0/s1. The lowest BCUT2D eigenvalue weighted by atomic mass is 9.80. The Labute approximate surface area is 140 Å². The van der Waals surface area contributed by atoms with Gasteiger partial charge in [-0.3, -0.25) is 4.79 Å². The highest BCUT2D eigenvalue weighted by Crippen LogP contribution is 2.33. The number of thioether (sulfide) groups is 1. The number of benzene rings is 1. The fraction of sp³-hybridized carbons (Fsp3) is 0.471. The van der Waals surface area contributed by atoms with Crippen molar-refractivity contribution in [3.8, 4) is 0 Å². The molecule has 0 unspecified atom stereocenters. The molecule has 1 amide bonds. The first-order valence-corrected chi connectivity index (χ1v) is 8.98.